The molecule has 0 radical (unpaired) electrons. The lowest BCUT2D eigenvalue weighted by Crippen LogP contribution is -2.41. The highest BCUT2D eigenvalue weighted by atomic mass is 35.5. The number of carbonyl (C=O) groups is 1. The standard InChI is InChI=1S/C14H16ClF2NO2/c15-11-2-1-3-12(8-11)18(9-13(16)17)14(19)10-4-6-20-7-5-10/h1-3,8,10,13H,4-7,9H2. The van der Waals surface area contributed by atoms with E-state index in [-0.39, 0.29) is 11.8 Å². The topological polar surface area (TPSA) is 29.5 Å². The first-order chi connectivity index (χ1) is 9.58. The van der Waals surface area contributed by atoms with Crippen molar-refractivity contribution in [1.29, 1.82) is 0 Å². The number of benzene rings is 1. The number of hydrogen-bond acceptors (Lipinski definition) is 2. The lowest BCUT2D eigenvalue weighted by atomic mass is 9.98. The highest BCUT2D eigenvalue weighted by molar-refractivity contribution is 6.30. The zero-order valence-corrected chi connectivity index (χ0v) is 11.7. The molecule has 0 aromatic heterocycles. The Hall–Kier alpha value is -1.20. The van der Waals surface area contributed by atoms with Crippen LogP contribution in [-0.2, 0) is 9.53 Å². The molecule has 1 aliphatic rings. The van der Waals surface area contributed by atoms with Crippen molar-refractivity contribution in [3.8, 4) is 0 Å². The summed E-state index contributed by atoms with van der Waals surface area (Å²) >= 11 is 5.87. The smallest absolute Gasteiger partial charge is 0.256 e. The maximum atomic E-state index is 12.7. The number of rotatable bonds is 4. The van der Waals surface area contributed by atoms with Crippen LogP contribution in [0.4, 0.5) is 14.5 Å². The first-order valence-corrected chi connectivity index (χ1v) is 6.88. The normalized spacial score (nSPS) is 16.4. The van der Waals surface area contributed by atoms with Gasteiger partial charge in [-0.15, -0.1) is 0 Å². The van der Waals surface area contributed by atoms with Crippen molar-refractivity contribution in [2.45, 2.75) is 19.3 Å². The Balaban J connectivity index is 2.20. The zero-order valence-electron chi connectivity index (χ0n) is 10.9. The van der Waals surface area contributed by atoms with E-state index in [0.29, 0.717) is 36.8 Å². The average Bonchev–Trinajstić information content (AvgIpc) is 2.45. The number of nitrogens with zero attached hydrogens (tertiary/aromatic N) is 1. The minimum absolute atomic E-state index is 0.263. The molecule has 3 nitrogen and oxygen atoms in total. The van der Waals surface area contributed by atoms with Crippen LogP contribution in [0.3, 0.4) is 0 Å². The molecule has 110 valence electrons. The molecule has 0 bridgehead atoms. The summed E-state index contributed by atoms with van der Waals surface area (Å²) in [5.74, 6) is -0.544. The number of carbonyl (C=O) groups excluding carboxylic acids is 1. The number of halogens is 3. The molecule has 1 aromatic rings. The highest BCUT2D eigenvalue weighted by Gasteiger charge is 2.29. The molecule has 0 saturated carbocycles. The number of hydrogen-bond donors (Lipinski definition) is 0. The summed E-state index contributed by atoms with van der Waals surface area (Å²) in [6.45, 7) is 0.374. The van der Waals surface area contributed by atoms with Gasteiger partial charge in [0.1, 0.15) is 0 Å². The van der Waals surface area contributed by atoms with Crippen LogP contribution in [0, 0.1) is 5.92 Å². The van der Waals surface area contributed by atoms with Crippen LogP contribution in [-0.4, -0.2) is 32.1 Å². The van der Waals surface area contributed by atoms with E-state index in [0.717, 1.165) is 4.90 Å². The fraction of sp³-hybridized carbons (Fsp3) is 0.500. The van der Waals surface area contributed by atoms with E-state index in [2.05, 4.69) is 0 Å². The molecular formula is C14H16ClF2NO2. The maximum absolute atomic E-state index is 12.7. The monoisotopic (exact) mass is 303 g/mol. The third-order valence-corrected chi connectivity index (χ3v) is 3.51. The third kappa shape index (κ3) is 3.90. The summed E-state index contributed by atoms with van der Waals surface area (Å²) < 4.78 is 30.7. The highest BCUT2D eigenvalue weighted by Crippen LogP contribution is 2.25. The van der Waals surface area contributed by atoms with Crippen molar-refractivity contribution in [1.82, 2.24) is 0 Å². The zero-order chi connectivity index (χ0) is 14.5. The minimum Gasteiger partial charge on any atom is -0.381 e. The number of anilines is 1. The van der Waals surface area contributed by atoms with Gasteiger partial charge in [0.15, 0.2) is 0 Å². The second-order valence-corrected chi connectivity index (χ2v) is 5.14. The molecule has 0 unspecified atom stereocenters. The van der Waals surface area contributed by atoms with Crippen LogP contribution in [0.1, 0.15) is 12.8 Å². The molecule has 1 fully saturated rings. The van der Waals surface area contributed by atoms with Crippen LogP contribution < -0.4 is 4.90 Å². The van der Waals surface area contributed by atoms with Crippen LogP contribution in [0.2, 0.25) is 5.02 Å². The van der Waals surface area contributed by atoms with Crippen molar-refractivity contribution >= 4 is 23.2 Å². The van der Waals surface area contributed by atoms with Crippen molar-refractivity contribution in [2.75, 3.05) is 24.7 Å². The van der Waals surface area contributed by atoms with E-state index in [1.165, 1.54) is 6.07 Å². The Morgan fingerprint density at radius 1 is 1.40 bits per heavy atom. The van der Waals surface area contributed by atoms with Gasteiger partial charge < -0.3 is 9.64 Å². The van der Waals surface area contributed by atoms with Gasteiger partial charge in [-0.2, -0.15) is 0 Å². The molecule has 0 aliphatic carbocycles. The Labute approximate surface area is 121 Å². The molecule has 1 amide bonds. The van der Waals surface area contributed by atoms with Crippen molar-refractivity contribution in [3.05, 3.63) is 29.3 Å². The molecule has 1 aromatic carbocycles. The molecule has 1 aliphatic heterocycles. The Kier molecular flexibility index (Phi) is 5.31. The van der Waals surface area contributed by atoms with Crippen LogP contribution in [0.15, 0.2) is 24.3 Å². The number of amides is 1. The summed E-state index contributed by atoms with van der Waals surface area (Å²) in [6.07, 6.45) is -1.45. The molecule has 1 heterocycles. The molecule has 1 saturated heterocycles. The van der Waals surface area contributed by atoms with E-state index >= 15 is 0 Å². The number of ether oxygens (including phenoxy) is 1. The van der Waals surface area contributed by atoms with Gasteiger partial charge in [0, 0.05) is 29.8 Å². The van der Waals surface area contributed by atoms with Gasteiger partial charge in [0.05, 0.1) is 6.54 Å². The van der Waals surface area contributed by atoms with Gasteiger partial charge in [-0.05, 0) is 31.0 Å². The van der Waals surface area contributed by atoms with Gasteiger partial charge >= 0.3 is 0 Å². The predicted molar refractivity (Wildman–Crippen MR) is 73.4 cm³/mol. The molecule has 2 rings (SSSR count). The van der Waals surface area contributed by atoms with E-state index in [4.69, 9.17) is 16.3 Å². The van der Waals surface area contributed by atoms with Crippen LogP contribution >= 0.6 is 11.6 Å². The second-order valence-electron chi connectivity index (χ2n) is 4.71. The van der Waals surface area contributed by atoms with E-state index < -0.39 is 13.0 Å². The van der Waals surface area contributed by atoms with Crippen molar-refractivity contribution in [2.24, 2.45) is 5.92 Å². The van der Waals surface area contributed by atoms with E-state index in [9.17, 15) is 13.6 Å². The Bertz CT molecular complexity index is 464. The van der Waals surface area contributed by atoms with E-state index in [1.54, 1.807) is 18.2 Å². The van der Waals surface area contributed by atoms with Crippen molar-refractivity contribution in [3.63, 3.8) is 0 Å². The fourth-order valence-corrected chi connectivity index (χ4v) is 2.45. The summed E-state index contributed by atoms with van der Waals surface area (Å²) in [6, 6.07) is 6.44. The molecule has 0 spiro atoms. The van der Waals surface area contributed by atoms with Crippen LogP contribution in [0.25, 0.3) is 0 Å². The second kappa shape index (κ2) is 6.99. The SMILES string of the molecule is O=C(C1CCOCC1)N(CC(F)F)c1cccc(Cl)c1. The third-order valence-electron chi connectivity index (χ3n) is 3.28. The number of alkyl halides is 2. The molecule has 0 atom stereocenters. The molecule has 20 heavy (non-hydrogen) atoms. The maximum Gasteiger partial charge on any atom is 0.256 e. The Morgan fingerprint density at radius 3 is 2.70 bits per heavy atom. The molecule has 6 heteroatoms. The van der Waals surface area contributed by atoms with Gasteiger partial charge in [-0.3, -0.25) is 4.79 Å². The summed E-state index contributed by atoms with van der Waals surface area (Å²) in [5.41, 5.74) is 0.411. The summed E-state index contributed by atoms with van der Waals surface area (Å²) in [5, 5.41) is 0.418. The Morgan fingerprint density at radius 2 is 2.10 bits per heavy atom. The molecular weight excluding hydrogens is 288 g/mol. The largest absolute Gasteiger partial charge is 0.381 e. The first kappa shape index (κ1) is 15.2. The van der Waals surface area contributed by atoms with Gasteiger partial charge in [0.2, 0.25) is 5.91 Å². The first-order valence-electron chi connectivity index (χ1n) is 6.51. The van der Waals surface area contributed by atoms with Crippen LogP contribution in [0.5, 0.6) is 0 Å². The summed E-state index contributed by atoms with van der Waals surface area (Å²) in [7, 11) is 0. The van der Waals surface area contributed by atoms with Gasteiger partial charge in [0.25, 0.3) is 6.43 Å². The van der Waals surface area contributed by atoms with Gasteiger partial charge in [-0.1, -0.05) is 17.7 Å². The van der Waals surface area contributed by atoms with E-state index in [1.807, 2.05) is 0 Å². The quantitative estimate of drug-likeness (QED) is 0.853. The summed E-state index contributed by atoms with van der Waals surface area (Å²) in [4.78, 5) is 13.6. The van der Waals surface area contributed by atoms with Gasteiger partial charge in [-0.25, -0.2) is 8.78 Å². The predicted octanol–water partition coefficient (Wildman–Crippen LogP) is 3.36. The fourth-order valence-electron chi connectivity index (χ4n) is 2.27. The van der Waals surface area contributed by atoms with Crippen molar-refractivity contribution < 1.29 is 18.3 Å². The average molecular weight is 304 g/mol. The lowest BCUT2D eigenvalue weighted by molar-refractivity contribution is -0.125. The lowest BCUT2D eigenvalue weighted by Gasteiger charge is -2.29. The molecule has 0 N–H and O–H groups in total. The minimum atomic E-state index is -2.59.